The van der Waals surface area contributed by atoms with Crippen molar-refractivity contribution in [3.8, 4) is 0 Å². The van der Waals surface area contributed by atoms with Gasteiger partial charge in [0.1, 0.15) is 0 Å². The van der Waals surface area contributed by atoms with Gasteiger partial charge in [-0.1, -0.05) is 42.5 Å². The number of aromatic nitrogens is 1. The molecule has 0 aliphatic heterocycles. The van der Waals surface area contributed by atoms with Crippen LogP contribution >= 0.6 is 0 Å². The minimum absolute atomic E-state index is 0.0703. The Morgan fingerprint density at radius 1 is 1.21 bits per heavy atom. The lowest BCUT2D eigenvalue weighted by atomic mass is 10.0. The van der Waals surface area contributed by atoms with Crippen LogP contribution in [0.25, 0.3) is 16.6 Å². The molecular formula is C25H27N3O4S. The van der Waals surface area contributed by atoms with E-state index in [1.54, 1.807) is 30.5 Å². The fourth-order valence-corrected chi connectivity index (χ4v) is 5.09. The van der Waals surface area contributed by atoms with Gasteiger partial charge >= 0.3 is 5.97 Å². The van der Waals surface area contributed by atoms with E-state index in [0.717, 1.165) is 47.1 Å². The number of nitrogens with zero attached hydrogens (tertiary/aromatic N) is 2. The maximum atomic E-state index is 12.6. The van der Waals surface area contributed by atoms with Gasteiger partial charge in [-0.2, -0.15) is 13.5 Å². The zero-order valence-electron chi connectivity index (χ0n) is 18.7. The molecule has 1 aliphatic rings. The van der Waals surface area contributed by atoms with Crippen LogP contribution in [0.1, 0.15) is 41.6 Å². The third kappa shape index (κ3) is 4.71. The van der Waals surface area contributed by atoms with Crippen LogP contribution in [0.3, 0.4) is 0 Å². The number of para-hydroxylation sites is 1. The quantitative estimate of drug-likeness (QED) is 0.403. The number of rotatable bonds is 7. The van der Waals surface area contributed by atoms with Crippen molar-refractivity contribution < 1.29 is 17.9 Å². The van der Waals surface area contributed by atoms with E-state index < -0.39 is 16.0 Å². The third-order valence-electron chi connectivity index (χ3n) is 6.04. The number of aryl methyl sites for hydroxylation is 1. The molecule has 1 aliphatic carbocycles. The van der Waals surface area contributed by atoms with E-state index in [1.165, 1.54) is 7.11 Å². The van der Waals surface area contributed by atoms with Crippen LogP contribution in [-0.2, 0) is 14.8 Å². The standard InChI is InChI=1S/C25H27N3O4S/c1-17-11-13-20(14-12-17)33(30,31)27-26-23-9-6-7-19(23)15-18(2)28-16-22(25(29)32-3)21-8-4-5-10-24(21)28/h4-5,8,10-14,16,19,27H,2,6-7,9,15H2,1,3H3/b26-23+. The van der Waals surface area contributed by atoms with Crippen molar-refractivity contribution in [3.63, 3.8) is 0 Å². The van der Waals surface area contributed by atoms with Gasteiger partial charge in [-0.3, -0.25) is 0 Å². The molecule has 4 rings (SSSR count). The Kier molecular flexibility index (Phi) is 6.37. The first kappa shape index (κ1) is 22.8. The zero-order chi connectivity index (χ0) is 23.6. The molecule has 8 heteroatoms. The third-order valence-corrected chi connectivity index (χ3v) is 7.26. The van der Waals surface area contributed by atoms with E-state index in [-0.39, 0.29) is 10.8 Å². The van der Waals surface area contributed by atoms with Gasteiger partial charge < -0.3 is 9.30 Å². The number of benzene rings is 2. The van der Waals surface area contributed by atoms with E-state index in [1.807, 2.05) is 35.8 Å². The highest BCUT2D eigenvalue weighted by molar-refractivity contribution is 7.89. The van der Waals surface area contributed by atoms with Crippen molar-refractivity contribution in [2.75, 3.05) is 7.11 Å². The number of hydrogen-bond acceptors (Lipinski definition) is 5. The monoisotopic (exact) mass is 465 g/mol. The number of carbonyl (C=O) groups is 1. The molecule has 0 radical (unpaired) electrons. The summed E-state index contributed by atoms with van der Waals surface area (Å²) in [5.41, 5.74) is 3.97. The molecule has 1 atom stereocenters. The molecule has 33 heavy (non-hydrogen) atoms. The van der Waals surface area contributed by atoms with Gasteiger partial charge in [0, 0.05) is 28.9 Å². The minimum Gasteiger partial charge on any atom is -0.465 e. The number of hydrazone groups is 1. The average Bonchev–Trinajstić information content (AvgIpc) is 3.42. The number of nitrogens with one attached hydrogen (secondary N) is 1. The summed E-state index contributed by atoms with van der Waals surface area (Å²) in [6.45, 7) is 6.16. The Hall–Kier alpha value is -3.39. The predicted molar refractivity (Wildman–Crippen MR) is 130 cm³/mol. The van der Waals surface area contributed by atoms with Crippen molar-refractivity contribution >= 4 is 38.3 Å². The van der Waals surface area contributed by atoms with E-state index in [9.17, 15) is 13.2 Å². The average molecular weight is 466 g/mol. The molecule has 0 saturated heterocycles. The number of hydrogen-bond donors (Lipinski definition) is 1. The van der Waals surface area contributed by atoms with Gasteiger partial charge in [-0.25, -0.2) is 9.63 Å². The maximum Gasteiger partial charge on any atom is 0.340 e. The number of allylic oxidation sites excluding steroid dienone is 1. The molecule has 0 bridgehead atoms. The number of esters is 1. The molecule has 1 N–H and O–H groups in total. The SMILES string of the molecule is C=C(CC1CCC/C1=N\NS(=O)(=O)c1ccc(C)cc1)n1cc(C(=O)OC)c2ccccc21. The second kappa shape index (κ2) is 9.23. The Balaban J connectivity index is 1.54. The van der Waals surface area contributed by atoms with Crippen LogP contribution in [-0.4, -0.2) is 31.8 Å². The van der Waals surface area contributed by atoms with Crippen LogP contribution in [0, 0.1) is 12.8 Å². The molecule has 3 aromatic rings. The summed E-state index contributed by atoms with van der Waals surface area (Å²) in [6.07, 6.45) is 4.92. The molecular weight excluding hydrogens is 438 g/mol. The van der Waals surface area contributed by atoms with E-state index in [0.29, 0.717) is 12.0 Å². The summed E-state index contributed by atoms with van der Waals surface area (Å²) in [4.78, 5) is 14.8. The van der Waals surface area contributed by atoms with Crippen LogP contribution < -0.4 is 4.83 Å². The molecule has 1 heterocycles. The highest BCUT2D eigenvalue weighted by atomic mass is 32.2. The van der Waals surface area contributed by atoms with Crippen molar-refractivity contribution in [3.05, 3.63) is 72.4 Å². The number of fused-ring (bicyclic) bond motifs is 1. The van der Waals surface area contributed by atoms with Gasteiger partial charge in [0.25, 0.3) is 10.0 Å². The molecule has 172 valence electrons. The normalized spacial score (nSPS) is 17.4. The molecule has 7 nitrogen and oxygen atoms in total. The van der Waals surface area contributed by atoms with Crippen LogP contribution in [0.4, 0.5) is 0 Å². The lowest BCUT2D eigenvalue weighted by Crippen LogP contribution is -2.22. The molecule has 1 saturated carbocycles. The van der Waals surface area contributed by atoms with Gasteiger partial charge in [-0.15, -0.1) is 0 Å². The Morgan fingerprint density at radius 3 is 2.67 bits per heavy atom. The van der Waals surface area contributed by atoms with E-state index >= 15 is 0 Å². The lowest BCUT2D eigenvalue weighted by Gasteiger charge is -2.15. The summed E-state index contributed by atoms with van der Waals surface area (Å²) >= 11 is 0. The zero-order valence-corrected chi connectivity index (χ0v) is 19.6. The van der Waals surface area contributed by atoms with Crippen molar-refractivity contribution in [1.82, 2.24) is 9.40 Å². The maximum absolute atomic E-state index is 12.6. The summed E-state index contributed by atoms with van der Waals surface area (Å²) in [5.74, 6) is -0.327. The van der Waals surface area contributed by atoms with Crippen LogP contribution in [0.15, 0.2) is 71.3 Å². The minimum atomic E-state index is -3.72. The van der Waals surface area contributed by atoms with E-state index in [4.69, 9.17) is 4.74 Å². The van der Waals surface area contributed by atoms with Crippen LogP contribution in [0.2, 0.25) is 0 Å². The summed E-state index contributed by atoms with van der Waals surface area (Å²) in [5, 5.41) is 5.09. The van der Waals surface area contributed by atoms with Crippen molar-refractivity contribution in [2.24, 2.45) is 11.0 Å². The number of carbonyl (C=O) groups excluding carboxylic acids is 1. The first-order valence-electron chi connectivity index (χ1n) is 10.8. The molecule has 2 aromatic carbocycles. The van der Waals surface area contributed by atoms with Gasteiger partial charge in [0.05, 0.1) is 23.1 Å². The molecule has 0 spiro atoms. The molecule has 1 aromatic heterocycles. The van der Waals surface area contributed by atoms with Gasteiger partial charge in [0.2, 0.25) is 0 Å². The Labute approximate surface area is 193 Å². The van der Waals surface area contributed by atoms with Gasteiger partial charge in [0.15, 0.2) is 0 Å². The predicted octanol–water partition coefficient (Wildman–Crippen LogP) is 4.73. The number of sulfonamides is 1. The Bertz CT molecular complexity index is 1340. The van der Waals surface area contributed by atoms with Crippen LogP contribution in [0.5, 0.6) is 0 Å². The van der Waals surface area contributed by atoms with Crippen molar-refractivity contribution in [2.45, 2.75) is 37.5 Å². The smallest absolute Gasteiger partial charge is 0.340 e. The fourth-order valence-electron chi connectivity index (χ4n) is 4.25. The summed E-state index contributed by atoms with van der Waals surface area (Å²) in [6, 6.07) is 14.3. The topological polar surface area (TPSA) is 89.8 Å². The largest absolute Gasteiger partial charge is 0.465 e. The fraction of sp³-hybridized carbons (Fsp3) is 0.280. The lowest BCUT2D eigenvalue weighted by molar-refractivity contribution is 0.0603. The van der Waals surface area contributed by atoms with Crippen molar-refractivity contribution in [1.29, 1.82) is 0 Å². The molecule has 0 amide bonds. The second-order valence-electron chi connectivity index (χ2n) is 8.29. The molecule has 1 unspecified atom stereocenters. The number of ether oxygens (including phenoxy) is 1. The highest BCUT2D eigenvalue weighted by Crippen LogP contribution is 2.32. The first-order chi connectivity index (χ1) is 15.8. The van der Waals surface area contributed by atoms with Gasteiger partial charge in [-0.05, 0) is 50.8 Å². The highest BCUT2D eigenvalue weighted by Gasteiger charge is 2.26. The first-order valence-corrected chi connectivity index (χ1v) is 12.3. The summed E-state index contributed by atoms with van der Waals surface area (Å²) < 4.78 is 32.1. The Morgan fingerprint density at radius 2 is 1.94 bits per heavy atom. The second-order valence-corrected chi connectivity index (χ2v) is 9.95. The van der Waals surface area contributed by atoms with E-state index in [2.05, 4.69) is 16.5 Å². The molecule has 1 fully saturated rings. The number of methoxy groups -OCH3 is 1. The summed E-state index contributed by atoms with van der Waals surface area (Å²) in [7, 11) is -2.36.